The number of hydrogen-bond acceptors (Lipinski definition) is 4. The Morgan fingerprint density at radius 1 is 1.04 bits per heavy atom. The Balaban J connectivity index is 1.59. The van der Waals surface area contributed by atoms with Crippen LogP contribution in [0.3, 0.4) is 0 Å². The van der Waals surface area contributed by atoms with Gasteiger partial charge in [0.15, 0.2) is 6.10 Å². The molecule has 5 heteroatoms. The first-order valence-electron chi connectivity index (χ1n) is 9.54. The van der Waals surface area contributed by atoms with Gasteiger partial charge >= 0.3 is 0 Å². The highest BCUT2D eigenvalue weighted by atomic mass is 16.5. The van der Waals surface area contributed by atoms with E-state index in [1.165, 1.54) is 0 Å². The lowest BCUT2D eigenvalue weighted by atomic mass is 10.0. The van der Waals surface area contributed by atoms with E-state index in [1.807, 2.05) is 48.5 Å². The van der Waals surface area contributed by atoms with Crippen molar-refractivity contribution < 1.29 is 14.3 Å². The molecule has 1 aliphatic rings. The normalized spacial score (nSPS) is 15.5. The van der Waals surface area contributed by atoms with E-state index in [-0.39, 0.29) is 5.91 Å². The summed E-state index contributed by atoms with van der Waals surface area (Å²) in [6.07, 6.45) is -0.580. The van der Waals surface area contributed by atoms with Crippen LogP contribution in [-0.4, -0.2) is 38.3 Å². The Hall–Kier alpha value is -2.53. The molecule has 0 aliphatic carbocycles. The summed E-state index contributed by atoms with van der Waals surface area (Å²) >= 11 is 0. The van der Waals surface area contributed by atoms with E-state index in [2.05, 4.69) is 24.1 Å². The summed E-state index contributed by atoms with van der Waals surface area (Å²) in [4.78, 5) is 14.8. The molecule has 3 rings (SSSR count). The molecule has 0 aromatic heterocycles. The molecule has 1 amide bonds. The van der Waals surface area contributed by atoms with E-state index < -0.39 is 6.10 Å². The summed E-state index contributed by atoms with van der Waals surface area (Å²) in [7, 11) is 0. The predicted octanol–water partition coefficient (Wildman–Crippen LogP) is 4.05. The van der Waals surface area contributed by atoms with Crippen molar-refractivity contribution in [3.05, 3.63) is 54.1 Å². The second-order valence-electron chi connectivity index (χ2n) is 7.09. The highest BCUT2D eigenvalue weighted by Crippen LogP contribution is 2.27. The minimum Gasteiger partial charge on any atom is -0.481 e. The number of benzene rings is 2. The maximum Gasteiger partial charge on any atom is 0.265 e. The summed E-state index contributed by atoms with van der Waals surface area (Å²) in [5, 5.41) is 2.93. The minimum atomic E-state index is -0.580. The zero-order valence-corrected chi connectivity index (χ0v) is 16.3. The topological polar surface area (TPSA) is 50.8 Å². The number of amides is 1. The van der Waals surface area contributed by atoms with Gasteiger partial charge in [-0.1, -0.05) is 32.0 Å². The lowest BCUT2D eigenvalue weighted by molar-refractivity contribution is -0.122. The molecule has 0 bridgehead atoms. The standard InChI is InChI=1S/C22H28N2O3/c1-16(2)20-6-4-5-7-21(20)27-17(3)22(25)23-18-8-10-19(11-9-18)24-12-14-26-15-13-24/h4-11,16-17H,12-15H2,1-3H3,(H,23,25). The highest BCUT2D eigenvalue weighted by Gasteiger charge is 2.18. The van der Waals surface area contributed by atoms with E-state index in [4.69, 9.17) is 9.47 Å². The molecule has 2 aromatic carbocycles. The van der Waals surface area contributed by atoms with Crippen molar-refractivity contribution in [3.8, 4) is 5.75 Å². The third kappa shape index (κ3) is 5.01. The molecule has 1 unspecified atom stereocenters. The first-order chi connectivity index (χ1) is 13.0. The Morgan fingerprint density at radius 3 is 2.37 bits per heavy atom. The first-order valence-corrected chi connectivity index (χ1v) is 9.54. The van der Waals surface area contributed by atoms with Crippen molar-refractivity contribution in [2.45, 2.75) is 32.8 Å². The maximum atomic E-state index is 12.5. The van der Waals surface area contributed by atoms with Crippen molar-refractivity contribution in [2.24, 2.45) is 0 Å². The van der Waals surface area contributed by atoms with E-state index in [9.17, 15) is 4.79 Å². The molecule has 0 spiro atoms. The molecule has 1 fully saturated rings. The van der Waals surface area contributed by atoms with Gasteiger partial charge in [-0.15, -0.1) is 0 Å². The van der Waals surface area contributed by atoms with Gasteiger partial charge in [0.1, 0.15) is 5.75 Å². The third-order valence-electron chi connectivity index (χ3n) is 4.73. The van der Waals surface area contributed by atoms with E-state index in [0.29, 0.717) is 5.92 Å². The fourth-order valence-electron chi connectivity index (χ4n) is 3.13. The van der Waals surface area contributed by atoms with Crippen molar-refractivity contribution in [2.75, 3.05) is 36.5 Å². The van der Waals surface area contributed by atoms with Crippen LogP contribution in [0.2, 0.25) is 0 Å². The van der Waals surface area contributed by atoms with Gasteiger partial charge in [-0.25, -0.2) is 0 Å². The van der Waals surface area contributed by atoms with Gasteiger partial charge in [0.05, 0.1) is 13.2 Å². The van der Waals surface area contributed by atoms with Gasteiger partial charge in [0.2, 0.25) is 0 Å². The van der Waals surface area contributed by atoms with Crippen LogP contribution >= 0.6 is 0 Å². The van der Waals surface area contributed by atoms with Crippen LogP contribution in [0.15, 0.2) is 48.5 Å². The van der Waals surface area contributed by atoms with Gasteiger partial charge < -0.3 is 19.7 Å². The Kier molecular flexibility index (Phi) is 6.35. The van der Waals surface area contributed by atoms with Crippen LogP contribution < -0.4 is 15.0 Å². The summed E-state index contributed by atoms with van der Waals surface area (Å²) < 4.78 is 11.3. The summed E-state index contributed by atoms with van der Waals surface area (Å²) in [6.45, 7) is 9.30. The largest absolute Gasteiger partial charge is 0.481 e. The molecule has 27 heavy (non-hydrogen) atoms. The summed E-state index contributed by atoms with van der Waals surface area (Å²) in [6, 6.07) is 15.8. The third-order valence-corrected chi connectivity index (χ3v) is 4.73. The number of carbonyl (C=O) groups is 1. The molecular weight excluding hydrogens is 340 g/mol. The van der Waals surface area contributed by atoms with Gasteiger partial charge in [-0.3, -0.25) is 4.79 Å². The molecule has 144 valence electrons. The van der Waals surface area contributed by atoms with Gasteiger partial charge in [0, 0.05) is 24.5 Å². The number of nitrogens with zero attached hydrogens (tertiary/aromatic N) is 1. The fourth-order valence-corrected chi connectivity index (χ4v) is 3.13. The molecule has 1 heterocycles. The molecule has 1 saturated heterocycles. The Bertz CT molecular complexity index is 752. The van der Waals surface area contributed by atoms with Crippen molar-refractivity contribution >= 4 is 17.3 Å². The van der Waals surface area contributed by atoms with E-state index in [0.717, 1.165) is 49.0 Å². The van der Waals surface area contributed by atoms with Crippen LogP contribution in [0.1, 0.15) is 32.3 Å². The molecular formula is C22H28N2O3. The molecule has 1 atom stereocenters. The van der Waals surface area contributed by atoms with Crippen molar-refractivity contribution in [1.29, 1.82) is 0 Å². The summed E-state index contributed by atoms with van der Waals surface area (Å²) in [5.74, 6) is 0.940. The van der Waals surface area contributed by atoms with Gasteiger partial charge in [0.25, 0.3) is 5.91 Å². The highest BCUT2D eigenvalue weighted by molar-refractivity contribution is 5.94. The van der Waals surface area contributed by atoms with Crippen LogP contribution in [0, 0.1) is 0 Å². The zero-order chi connectivity index (χ0) is 19.2. The number of nitrogens with one attached hydrogen (secondary N) is 1. The predicted molar refractivity (Wildman–Crippen MR) is 109 cm³/mol. The number of morpholine rings is 1. The lowest BCUT2D eigenvalue weighted by Gasteiger charge is -2.29. The molecule has 0 saturated carbocycles. The van der Waals surface area contributed by atoms with Crippen LogP contribution in [0.4, 0.5) is 11.4 Å². The molecule has 1 aliphatic heterocycles. The van der Waals surface area contributed by atoms with Crippen molar-refractivity contribution in [3.63, 3.8) is 0 Å². The minimum absolute atomic E-state index is 0.160. The second kappa shape index (κ2) is 8.91. The average molecular weight is 368 g/mol. The van der Waals surface area contributed by atoms with Crippen LogP contribution in [0.25, 0.3) is 0 Å². The number of ether oxygens (including phenoxy) is 2. The lowest BCUT2D eigenvalue weighted by Crippen LogP contribution is -2.36. The molecule has 5 nitrogen and oxygen atoms in total. The average Bonchev–Trinajstić information content (AvgIpc) is 2.69. The van der Waals surface area contributed by atoms with Crippen molar-refractivity contribution in [1.82, 2.24) is 0 Å². The zero-order valence-electron chi connectivity index (χ0n) is 16.3. The fraction of sp³-hybridized carbons (Fsp3) is 0.409. The quantitative estimate of drug-likeness (QED) is 0.836. The number of hydrogen-bond donors (Lipinski definition) is 1. The Labute approximate surface area is 161 Å². The molecule has 0 radical (unpaired) electrons. The van der Waals surface area contributed by atoms with Crippen LogP contribution in [0.5, 0.6) is 5.75 Å². The van der Waals surface area contributed by atoms with Crippen LogP contribution in [-0.2, 0) is 9.53 Å². The molecule has 1 N–H and O–H groups in total. The Morgan fingerprint density at radius 2 is 1.70 bits per heavy atom. The monoisotopic (exact) mass is 368 g/mol. The first kappa shape index (κ1) is 19.2. The smallest absolute Gasteiger partial charge is 0.265 e. The van der Waals surface area contributed by atoms with Gasteiger partial charge in [-0.2, -0.15) is 0 Å². The summed E-state index contributed by atoms with van der Waals surface area (Å²) in [5.41, 5.74) is 3.02. The number of anilines is 2. The number of para-hydroxylation sites is 1. The molecule has 2 aromatic rings. The number of rotatable bonds is 6. The number of carbonyl (C=O) groups excluding carboxylic acids is 1. The van der Waals surface area contributed by atoms with E-state index in [1.54, 1.807) is 6.92 Å². The SMILES string of the molecule is CC(Oc1ccccc1C(C)C)C(=O)Nc1ccc(N2CCOCC2)cc1. The maximum absolute atomic E-state index is 12.5. The van der Waals surface area contributed by atoms with Gasteiger partial charge in [-0.05, 0) is 48.7 Å². The second-order valence-corrected chi connectivity index (χ2v) is 7.09. The van der Waals surface area contributed by atoms with E-state index >= 15 is 0 Å².